The van der Waals surface area contributed by atoms with Crippen molar-refractivity contribution >= 4 is 43.4 Å². The summed E-state index contributed by atoms with van der Waals surface area (Å²) in [7, 11) is 0. The Morgan fingerprint density at radius 3 is 2.04 bits per heavy atom. The molecule has 0 bridgehead atoms. The van der Waals surface area contributed by atoms with E-state index >= 15 is 0 Å². The Bertz CT molecular complexity index is 2610. The molecule has 7 aromatic carbocycles. The van der Waals surface area contributed by atoms with E-state index in [0.29, 0.717) is 0 Å². The van der Waals surface area contributed by atoms with Crippen LogP contribution in [-0.4, -0.2) is 9.55 Å². The first kappa shape index (κ1) is 24.5. The Hall–Kier alpha value is -5.99. The summed E-state index contributed by atoms with van der Waals surface area (Å²) < 4.78 is 2.39. The van der Waals surface area contributed by atoms with Gasteiger partial charge in [-0.3, -0.25) is 4.98 Å². The second-order valence-electron chi connectivity index (χ2n) is 12.0. The molecule has 9 aromatic rings. The lowest BCUT2D eigenvalue weighted by atomic mass is 9.92. The number of hydrogen-bond acceptors (Lipinski definition) is 1. The smallest absolute Gasteiger partial charge is 0.0634 e. The fourth-order valence-electron chi connectivity index (χ4n) is 7.62. The van der Waals surface area contributed by atoms with Crippen LogP contribution in [0, 0.1) is 0 Å². The molecule has 0 atom stereocenters. The normalized spacial score (nSPS) is 12.0. The van der Waals surface area contributed by atoms with Crippen molar-refractivity contribution in [3.8, 4) is 50.2 Å². The van der Waals surface area contributed by atoms with Gasteiger partial charge in [-0.1, -0.05) is 109 Å². The van der Waals surface area contributed by atoms with Gasteiger partial charge in [0.15, 0.2) is 0 Å². The minimum absolute atomic E-state index is 1.15. The van der Waals surface area contributed by atoms with Gasteiger partial charge in [-0.2, -0.15) is 0 Å². The van der Waals surface area contributed by atoms with Gasteiger partial charge in [-0.15, -0.1) is 0 Å². The molecule has 2 nitrogen and oxygen atoms in total. The first-order valence-electron chi connectivity index (χ1n) is 15.5. The van der Waals surface area contributed by atoms with Crippen LogP contribution >= 0.6 is 0 Å². The predicted molar refractivity (Wildman–Crippen MR) is 189 cm³/mol. The maximum atomic E-state index is 4.51. The summed E-state index contributed by atoms with van der Waals surface area (Å²) in [5, 5.41) is 7.50. The maximum absolute atomic E-state index is 4.51. The summed E-state index contributed by atoms with van der Waals surface area (Å²) in [5.41, 5.74) is 13.8. The molecular formula is C43H26N2. The molecule has 0 spiro atoms. The van der Waals surface area contributed by atoms with Crippen LogP contribution in [-0.2, 0) is 0 Å². The lowest BCUT2D eigenvalue weighted by Gasteiger charge is -2.12. The minimum atomic E-state index is 1.15. The maximum Gasteiger partial charge on any atom is 0.0634 e. The molecule has 0 saturated carbocycles. The van der Waals surface area contributed by atoms with Gasteiger partial charge in [0.25, 0.3) is 0 Å². The lowest BCUT2D eigenvalue weighted by Crippen LogP contribution is -1.94. The highest BCUT2D eigenvalue weighted by Crippen LogP contribution is 2.49. The van der Waals surface area contributed by atoms with E-state index in [9.17, 15) is 0 Å². The van der Waals surface area contributed by atoms with Crippen molar-refractivity contribution < 1.29 is 0 Å². The van der Waals surface area contributed by atoms with Crippen molar-refractivity contribution in [1.82, 2.24) is 9.55 Å². The summed E-state index contributed by atoms with van der Waals surface area (Å²) in [6, 6.07) is 53.3. The third-order valence-electron chi connectivity index (χ3n) is 9.62. The molecule has 2 aromatic heterocycles. The number of benzene rings is 7. The number of para-hydroxylation sites is 1. The molecule has 0 fully saturated rings. The van der Waals surface area contributed by atoms with Crippen molar-refractivity contribution in [2.75, 3.05) is 0 Å². The van der Waals surface area contributed by atoms with E-state index in [1.165, 1.54) is 82.5 Å². The largest absolute Gasteiger partial charge is 0.309 e. The fourth-order valence-corrected chi connectivity index (χ4v) is 7.62. The number of pyridine rings is 1. The topological polar surface area (TPSA) is 17.8 Å². The Labute approximate surface area is 260 Å². The number of hydrogen-bond donors (Lipinski definition) is 0. The predicted octanol–water partition coefficient (Wildman–Crippen LogP) is 11.5. The first-order valence-corrected chi connectivity index (χ1v) is 15.5. The Kier molecular flexibility index (Phi) is 5.03. The molecule has 10 rings (SSSR count). The van der Waals surface area contributed by atoms with E-state index in [1.54, 1.807) is 0 Å². The van der Waals surface area contributed by atoms with E-state index in [0.717, 1.165) is 11.1 Å². The van der Waals surface area contributed by atoms with Gasteiger partial charge < -0.3 is 4.57 Å². The molecule has 0 N–H and O–H groups in total. The Morgan fingerprint density at radius 1 is 0.422 bits per heavy atom. The second kappa shape index (κ2) is 9.25. The third kappa shape index (κ3) is 3.48. The van der Waals surface area contributed by atoms with Crippen LogP contribution in [0.3, 0.4) is 0 Å². The fraction of sp³-hybridized carbons (Fsp3) is 0. The standard InChI is InChI=1S/C43H26N2/c1-2-10-31(11-3-1)45-41-21-17-29(25-39(41)38-18-16-27-22-23-44-26-40(27)43(38)45)28-8-6-9-30(24-28)32-19-20-37-34-13-5-4-12-33(34)36-15-7-14-35(32)42(36)37/h1-26H. The first-order chi connectivity index (χ1) is 22.3. The monoisotopic (exact) mass is 570 g/mol. The molecule has 0 unspecified atom stereocenters. The van der Waals surface area contributed by atoms with Crippen LogP contribution in [0.1, 0.15) is 0 Å². The van der Waals surface area contributed by atoms with Gasteiger partial charge in [-0.05, 0) is 97.1 Å². The van der Waals surface area contributed by atoms with Gasteiger partial charge in [0, 0.05) is 34.2 Å². The number of nitrogens with zero attached hydrogens (tertiary/aromatic N) is 2. The molecule has 0 radical (unpaired) electrons. The zero-order valence-electron chi connectivity index (χ0n) is 24.4. The Balaban J connectivity index is 1.17. The third-order valence-corrected chi connectivity index (χ3v) is 9.62. The molecule has 1 aliphatic rings. The van der Waals surface area contributed by atoms with Crippen molar-refractivity contribution in [2.24, 2.45) is 0 Å². The SMILES string of the molecule is c1ccc(-n2c3ccc(-c4cccc(-c5ccc6c7c(cccc57)-c5ccccc5-6)c4)cc3c3ccc4ccncc4c32)cc1. The quantitative estimate of drug-likeness (QED) is 0.207. The molecule has 208 valence electrons. The average Bonchev–Trinajstić information content (AvgIpc) is 3.63. The van der Waals surface area contributed by atoms with Gasteiger partial charge in [0.1, 0.15) is 0 Å². The highest BCUT2D eigenvalue weighted by Gasteiger charge is 2.22. The lowest BCUT2D eigenvalue weighted by molar-refractivity contribution is 1.18. The van der Waals surface area contributed by atoms with Crippen molar-refractivity contribution in [3.05, 3.63) is 158 Å². The van der Waals surface area contributed by atoms with E-state index in [2.05, 4.69) is 155 Å². The zero-order chi connectivity index (χ0) is 29.5. The van der Waals surface area contributed by atoms with E-state index in [4.69, 9.17) is 0 Å². The number of aromatic nitrogens is 2. The highest BCUT2D eigenvalue weighted by molar-refractivity contribution is 6.20. The summed E-state index contributed by atoms with van der Waals surface area (Å²) in [6.07, 6.45) is 3.87. The van der Waals surface area contributed by atoms with Crippen LogP contribution in [0.15, 0.2) is 158 Å². The van der Waals surface area contributed by atoms with Crippen LogP contribution in [0.4, 0.5) is 0 Å². The van der Waals surface area contributed by atoms with Crippen LogP contribution < -0.4 is 0 Å². The zero-order valence-corrected chi connectivity index (χ0v) is 24.4. The summed E-state index contributed by atoms with van der Waals surface area (Å²) >= 11 is 0. The van der Waals surface area contributed by atoms with Crippen LogP contribution in [0.25, 0.3) is 93.5 Å². The van der Waals surface area contributed by atoms with Gasteiger partial charge in [0.05, 0.1) is 11.0 Å². The molecular weight excluding hydrogens is 544 g/mol. The number of fused-ring (bicyclic) bond motifs is 8. The summed E-state index contributed by atoms with van der Waals surface area (Å²) in [5.74, 6) is 0. The molecule has 0 amide bonds. The molecule has 0 aliphatic heterocycles. The Morgan fingerprint density at radius 2 is 1.16 bits per heavy atom. The van der Waals surface area contributed by atoms with Gasteiger partial charge in [0.2, 0.25) is 0 Å². The van der Waals surface area contributed by atoms with Gasteiger partial charge in [-0.25, -0.2) is 0 Å². The van der Waals surface area contributed by atoms with Crippen LogP contribution in [0.5, 0.6) is 0 Å². The van der Waals surface area contributed by atoms with Crippen molar-refractivity contribution in [3.63, 3.8) is 0 Å². The molecule has 0 saturated heterocycles. The summed E-state index contributed by atoms with van der Waals surface area (Å²) in [4.78, 5) is 4.51. The van der Waals surface area contributed by atoms with E-state index < -0.39 is 0 Å². The average molecular weight is 571 g/mol. The molecule has 45 heavy (non-hydrogen) atoms. The molecule has 2 heterocycles. The summed E-state index contributed by atoms with van der Waals surface area (Å²) in [6.45, 7) is 0. The van der Waals surface area contributed by atoms with Crippen molar-refractivity contribution in [1.29, 1.82) is 0 Å². The number of rotatable bonds is 3. The molecule has 2 heteroatoms. The minimum Gasteiger partial charge on any atom is -0.309 e. The molecule has 1 aliphatic carbocycles. The highest BCUT2D eigenvalue weighted by atomic mass is 15.0. The van der Waals surface area contributed by atoms with Gasteiger partial charge >= 0.3 is 0 Å². The van der Waals surface area contributed by atoms with Crippen LogP contribution in [0.2, 0.25) is 0 Å². The van der Waals surface area contributed by atoms with Crippen molar-refractivity contribution in [2.45, 2.75) is 0 Å². The second-order valence-corrected chi connectivity index (χ2v) is 12.0. The van der Waals surface area contributed by atoms with E-state index in [1.807, 2.05) is 12.4 Å². The van der Waals surface area contributed by atoms with E-state index in [-0.39, 0.29) is 0 Å².